The van der Waals surface area contributed by atoms with Crippen molar-refractivity contribution in [1.82, 2.24) is 5.48 Å². The van der Waals surface area contributed by atoms with Crippen LogP contribution in [0.4, 0.5) is 0 Å². The lowest BCUT2D eigenvalue weighted by Gasteiger charge is -2.18. The van der Waals surface area contributed by atoms with Crippen LogP contribution in [0.1, 0.15) is 34.6 Å². The molecule has 1 unspecified atom stereocenters. The van der Waals surface area contributed by atoms with Gasteiger partial charge in [0.15, 0.2) is 0 Å². The number of halogens is 1. The topological polar surface area (TPSA) is 95.9 Å². The molecule has 0 fully saturated rings. The van der Waals surface area contributed by atoms with Gasteiger partial charge in [-0.25, -0.2) is 10.3 Å². The summed E-state index contributed by atoms with van der Waals surface area (Å²) in [4.78, 5) is 27.7. The number of amides is 1. The highest BCUT2D eigenvalue weighted by molar-refractivity contribution is 6.34. The minimum Gasteiger partial charge on any atom is -0.478 e. The second-order valence-electron chi connectivity index (χ2n) is 4.51. The summed E-state index contributed by atoms with van der Waals surface area (Å²) in [6.45, 7) is 3.44. The number of aromatic carboxylic acids is 1. The number of carbonyl (C=O) groups excluding carboxylic acids is 1. The van der Waals surface area contributed by atoms with Gasteiger partial charge in [-0.15, -0.1) is 0 Å². The number of aliphatic hydroxyl groups is 1. The summed E-state index contributed by atoms with van der Waals surface area (Å²) in [7, 11) is 0. The molecular weight excluding hydrogens is 286 g/mol. The van der Waals surface area contributed by atoms with Gasteiger partial charge >= 0.3 is 5.97 Å². The van der Waals surface area contributed by atoms with Gasteiger partial charge in [-0.05, 0) is 24.1 Å². The van der Waals surface area contributed by atoms with Gasteiger partial charge in [-0.1, -0.05) is 25.4 Å². The molecule has 0 aliphatic heterocycles. The fourth-order valence-electron chi connectivity index (χ4n) is 1.40. The van der Waals surface area contributed by atoms with Crippen LogP contribution in [-0.2, 0) is 4.84 Å². The number of benzene rings is 1. The maximum Gasteiger partial charge on any atom is 0.335 e. The summed E-state index contributed by atoms with van der Waals surface area (Å²) >= 11 is 5.85. The van der Waals surface area contributed by atoms with E-state index in [0.29, 0.717) is 0 Å². The van der Waals surface area contributed by atoms with E-state index in [1.807, 2.05) is 13.8 Å². The zero-order valence-electron chi connectivity index (χ0n) is 11.1. The predicted molar refractivity (Wildman–Crippen MR) is 72.7 cm³/mol. The van der Waals surface area contributed by atoms with Crippen LogP contribution in [0.15, 0.2) is 18.2 Å². The molecule has 7 heteroatoms. The van der Waals surface area contributed by atoms with Crippen molar-refractivity contribution >= 4 is 23.5 Å². The standard InChI is InChI=1S/C13H16ClNO5/c1-7(2)11(6-16)20-15-12(17)9-4-3-8(13(18)19)5-10(9)14/h3-5,7,11,16H,6H2,1-2H3,(H,15,17)(H,18,19). The van der Waals surface area contributed by atoms with Crippen molar-refractivity contribution in [3.63, 3.8) is 0 Å². The van der Waals surface area contributed by atoms with Crippen LogP contribution >= 0.6 is 11.6 Å². The van der Waals surface area contributed by atoms with Gasteiger partial charge in [-0.2, -0.15) is 0 Å². The van der Waals surface area contributed by atoms with Crippen molar-refractivity contribution in [2.24, 2.45) is 5.92 Å². The first-order chi connectivity index (χ1) is 9.36. The van der Waals surface area contributed by atoms with Gasteiger partial charge in [0.1, 0.15) is 6.10 Å². The van der Waals surface area contributed by atoms with Gasteiger partial charge in [-0.3, -0.25) is 9.63 Å². The fourth-order valence-corrected chi connectivity index (χ4v) is 1.67. The van der Waals surface area contributed by atoms with Crippen LogP contribution in [0.2, 0.25) is 5.02 Å². The Morgan fingerprint density at radius 2 is 2.05 bits per heavy atom. The van der Waals surface area contributed by atoms with Gasteiger partial charge in [0.25, 0.3) is 5.91 Å². The molecule has 0 bridgehead atoms. The summed E-state index contributed by atoms with van der Waals surface area (Å²) in [6, 6.07) is 3.76. The van der Waals surface area contributed by atoms with E-state index in [4.69, 9.17) is 26.7 Å². The highest BCUT2D eigenvalue weighted by atomic mass is 35.5. The molecule has 0 saturated carbocycles. The highest BCUT2D eigenvalue weighted by Crippen LogP contribution is 2.18. The van der Waals surface area contributed by atoms with Crippen molar-refractivity contribution in [3.05, 3.63) is 34.3 Å². The Labute approximate surface area is 121 Å². The molecule has 6 nitrogen and oxygen atoms in total. The zero-order valence-corrected chi connectivity index (χ0v) is 11.8. The molecule has 0 radical (unpaired) electrons. The summed E-state index contributed by atoms with van der Waals surface area (Å²) < 4.78 is 0. The third-order valence-electron chi connectivity index (χ3n) is 2.69. The molecule has 0 spiro atoms. The normalized spacial score (nSPS) is 12.2. The first-order valence-electron chi connectivity index (χ1n) is 5.96. The van der Waals surface area contributed by atoms with Gasteiger partial charge < -0.3 is 10.2 Å². The van der Waals surface area contributed by atoms with Crippen molar-refractivity contribution < 1.29 is 24.6 Å². The summed E-state index contributed by atoms with van der Waals surface area (Å²) in [5.41, 5.74) is 2.27. The summed E-state index contributed by atoms with van der Waals surface area (Å²) in [5, 5.41) is 17.9. The third kappa shape index (κ3) is 4.19. The Kier molecular flexibility index (Phi) is 5.94. The number of rotatable bonds is 6. The predicted octanol–water partition coefficient (Wildman–Crippen LogP) is 1.72. The minimum absolute atomic E-state index is 0.0103. The molecule has 1 atom stereocenters. The average Bonchev–Trinajstić information content (AvgIpc) is 2.38. The Hall–Kier alpha value is -1.63. The molecule has 0 aliphatic carbocycles. The maximum absolute atomic E-state index is 11.8. The molecule has 1 amide bonds. The van der Waals surface area contributed by atoms with Gasteiger partial charge in [0.05, 0.1) is 22.8 Å². The largest absolute Gasteiger partial charge is 0.478 e. The number of hydrogen-bond acceptors (Lipinski definition) is 4. The second-order valence-corrected chi connectivity index (χ2v) is 4.92. The quantitative estimate of drug-likeness (QED) is 0.695. The van der Waals surface area contributed by atoms with Crippen molar-refractivity contribution in [2.75, 3.05) is 6.61 Å². The molecule has 110 valence electrons. The van der Waals surface area contributed by atoms with E-state index in [-0.39, 0.29) is 28.7 Å². The van der Waals surface area contributed by atoms with Gasteiger partial charge in [0.2, 0.25) is 0 Å². The van der Waals surface area contributed by atoms with E-state index in [2.05, 4.69) is 5.48 Å². The van der Waals surface area contributed by atoms with Crippen LogP contribution in [0, 0.1) is 5.92 Å². The van der Waals surface area contributed by atoms with E-state index in [0.717, 1.165) is 0 Å². The molecule has 1 rings (SSSR count). The lowest BCUT2D eigenvalue weighted by molar-refractivity contribution is -0.0602. The average molecular weight is 302 g/mol. The molecule has 0 heterocycles. The van der Waals surface area contributed by atoms with Crippen LogP contribution < -0.4 is 5.48 Å². The first-order valence-corrected chi connectivity index (χ1v) is 6.34. The number of nitrogens with one attached hydrogen (secondary N) is 1. The van der Waals surface area contributed by atoms with Crippen LogP contribution in [0.25, 0.3) is 0 Å². The molecule has 1 aromatic rings. The van der Waals surface area contributed by atoms with E-state index in [9.17, 15) is 9.59 Å². The lowest BCUT2D eigenvalue weighted by atomic mass is 10.1. The van der Waals surface area contributed by atoms with Gasteiger partial charge in [0, 0.05) is 0 Å². The molecule has 3 N–H and O–H groups in total. The van der Waals surface area contributed by atoms with E-state index in [1.165, 1.54) is 18.2 Å². The number of hydrogen-bond donors (Lipinski definition) is 3. The Bertz CT molecular complexity index is 504. The Balaban J connectivity index is 2.75. The van der Waals surface area contributed by atoms with Crippen molar-refractivity contribution in [2.45, 2.75) is 20.0 Å². The Morgan fingerprint density at radius 1 is 1.40 bits per heavy atom. The number of carboxylic acid groups (broad SMARTS) is 1. The van der Waals surface area contributed by atoms with E-state index in [1.54, 1.807) is 0 Å². The minimum atomic E-state index is -1.13. The fraction of sp³-hybridized carbons (Fsp3) is 0.385. The number of carbonyl (C=O) groups is 2. The number of aliphatic hydroxyl groups excluding tert-OH is 1. The second kappa shape index (κ2) is 7.23. The summed E-state index contributed by atoms with van der Waals surface area (Å²) in [6.07, 6.45) is -0.531. The molecule has 0 aromatic heterocycles. The molecule has 1 aromatic carbocycles. The lowest BCUT2D eigenvalue weighted by Crippen LogP contribution is -2.34. The molecular formula is C13H16ClNO5. The van der Waals surface area contributed by atoms with Crippen LogP contribution in [0.5, 0.6) is 0 Å². The first kappa shape index (κ1) is 16.4. The smallest absolute Gasteiger partial charge is 0.335 e. The SMILES string of the molecule is CC(C)C(CO)ONC(=O)c1ccc(C(=O)O)cc1Cl. The van der Waals surface area contributed by atoms with Crippen LogP contribution in [0.3, 0.4) is 0 Å². The zero-order chi connectivity index (χ0) is 15.3. The highest BCUT2D eigenvalue weighted by Gasteiger charge is 2.17. The van der Waals surface area contributed by atoms with Crippen molar-refractivity contribution in [1.29, 1.82) is 0 Å². The molecule has 0 saturated heterocycles. The van der Waals surface area contributed by atoms with Crippen molar-refractivity contribution in [3.8, 4) is 0 Å². The monoisotopic (exact) mass is 301 g/mol. The molecule has 0 aliphatic rings. The maximum atomic E-state index is 11.8. The van der Waals surface area contributed by atoms with Crippen LogP contribution in [-0.4, -0.2) is 34.8 Å². The summed E-state index contributed by atoms with van der Waals surface area (Å²) in [5.74, 6) is -1.72. The van der Waals surface area contributed by atoms with E-state index >= 15 is 0 Å². The van der Waals surface area contributed by atoms with E-state index < -0.39 is 18.0 Å². The Morgan fingerprint density at radius 3 is 2.50 bits per heavy atom. The third-order valence-corrected chi connectivity index (χ3v) is 3.00. The number of carboxylic acids is 1. The number of hydroxylamine groups is 1. The molecule has 20 heavy (non-hydrogen) atoms.